The lowest BCUT2D eigenvalue weighted by molar-refractivity contribution is -0.115. The van der Waals surface area contributed by atoms with Crippen molar-refractivity contribution < 1.29 is 4.79 Å². The van der Waals surface area contributed by atoms with Crippen LogP contribution < -0.4 is 10.2 Å². The molecule has 5 nitrogen and oxygen atoms in total. The van der Waals surface area contributed by atoms with Crippen molar-refractivity contribution in [2.45, 2.75) is 0 Å². The molecule has 0 aliphatic carbocycles. The number of thioether (sulfide) groups is 1. The number of benzene rings is 2. The first-order chi connectivity index (χ1) is 12.5. The molecule has 1 aliphatic heterocycles. The van der Waals surface area contributed by atoms with E-state index in [9.17, 15) is 4.79 Å². The number of halogens is 1. The van der Waals surface area contributed by atoms with Gasteiger partial charge in [0.2, 0.25) is 0 Å². The molecule has 3 rings (SSSR count). The molecule has 0 atom stereocenters. The van der Waals surface area contributed by atoms with Gasteiger partial charge in [-0.15, -0.1) is 5.10 Å². The average molecular weight is 385 g/mol. The molecular weight excluding hydrogens is 368 g/mol. The van der Waals surface area contributed by atoms with Crippen LogP contribution in [0.2, 0.25) is 5.02 Å². The van der Waals surface area contributed by atoms with Gasteiger partial charge in [0, 0.05) is 30.4 Å². The first kappa shape index (κ1) is 18.2. The van der Waals surface area contributed by atoms with Gasteiger partial charge in [-0.1, -0.05) is 41.9 Å². The first-order valence-corrected chi connectivity index (χ1v) is 9.06. The third-order valence-electron chi connectivity index (χ3n) is 3.61. The van der Waals surface area contributed by atoms with Gasteiger partial charge < -0.3 is 4.90 Å². The van der Waals surface area contributed by atoms with Crippen LogP contribution in [0.4, 0.5) is 5.69 Å². The van der Waals surface area contributed by atoms with E-state index in [1.807, 2.05) is 67.5 Å². The molecule has 1 saturated heterocycles. The largest absolute Gasteiger partial charge is 0.378 e. The zero-order valence-corrected chi connectivity index (χ0v) is 15.9. The molecule has 7 heteroatoms. The summed E-state index contributed by atoms with van der Waals surface area (Å²) >= 11 is 7.32. The molecule has 2 aromatic rings. The molecule has 1 fully saturated rings. The van der Waals surface area contributed by atoms with Crippen LogP contribution in [0.25, 0.3) is 6.08 Å². The third-order valence-corrected chi connectivity index (χ3v) is 4.85. The predicted octanol–water partition coefficient (Wildman–Crippen LogP) is 4.00. The second kappa shape index (κ2) is 8.21. The molecule has 1 amide bonds. The molecule has 0 saturated carbocycles. The number of nitrogens with zero attached hydrogens (tertiary/aromatic N) is 3. The zero-order valence-electron chi connectivity index (χ0n) is 14.3. The summed E-state index contributed by atoms with van der Waals surface area (Å²) < 4.78 is 0. The van der Waals surface area contributed by atoms with Crippen molar-refractivity contribution in [2.24, 2.45) is 10.2 Å². The number of carbonyl (C=O) groups excluding carboxylic acids is 1. The molecule has 2 aromatic carbocycles. The number of amides is 1. The van der Waals surface area contributed by atoms with Gasteiger partial charge in [-0.05, 0) is 41.6 Å². The highest BCUT2D eigenvalue weighted by molar-refractivity contribution is 8.18. The second-order valence-electron chi connectivity index (χ2n) is 5.72. The van der Waals surface area contributed by atoms with E-state index >= 15 is 0 Å². The fourth-order valence-corrected chi connectivity index (χ4v) is 3.18. The van der Waals surface area contributed by atoms with Crippen LogP contribution in [0, 0.1) is 0 Å². The number of rotatable bonds is 4. The fourth-order valence-electron chi connectivity index (χ4n) is 2.22. The minimum Gasteiger partial charge on any atom is -0.378 e. The van der Waals surface area contributed by atoms with Gasteiger partial charge in [0.25, 0.3) is 5.91 Å². The van der Waals surface area contributed by atoms with Gasteiger partial charge in [-0.2, -0.15) is 5.10 Å². The Morgan fingerprint density at radius 3 is 2.54 bits per heavy atom. The number of anilines is 1. The van der Waals surface area contributed by atoms with Crippen molar-refractivity contribution in [1.29, 1.82) is 0 Å². The Bertz CT molecular complexity index is 904. The van der Waals surface area contributed by atoms with Crippen LogP contribution >= 0.6 is 23.4 Å². The van der Waals surface area contributed by atoms with Gasteiger partial charge in [0.15, 0.2) is 5.17 Å². The van der Waals surface area contributed by atoms with Crippen LogP contribution in [0.5, 0.6) is 0 Å². The van der Waals surface area contributed by atoms with Crippen LogP contribution in [0.3, 0.4) is 0 Å². The van der Waals surface area contributed by atoms with Gasteiger partial charge in [0.05, 0.1) is 11.1 Å². The lowest BCUT2D eigenvalue weighted by atomic mass is 10.2. The van der Waals surface area contributed by atoms with E-state index in [-0.39, 0.29) is 5.91 Å². The summed E-state index contributed by atoms with van der Waals surface area (Å²) in [4.78, 5) is 14.7. The molecule has 0 spiro atoms. The Morgan fingerprint density at radius 1 is 1.12 bits per heavy atom. The van der Waals surface area contributed by atoms with Crippen molar-refractivity contribution >= 4 is 52.4 Å². The molecule has 1 N–H and O–H groups in total. The Hall–Kier alpha value is -2.57. The van der Waals surface area contributed by atoms with Crippen LogP contribution in [-0.2, 0) is 4.79 Å². The highest BCUT2D eigenvalue weighted by Crippen LogP contribution is 2.26. The number of hydrogen-bond acceptors (Lipinski definition) is 5. The maximum atomic E-state index is 12.1. The molecule has 132 valence electrons. The summed E-state index contributed by atoms with van der Waals surface area (Å²) in [5.41, 5.74) is 2.82. The lowest BCUT2D eigenvalue weighted by Gasteiger charge is -2.11. The summed E-state index contributed by atoms with van der Waals surface area (Å²) in [6.45, 7) is 0. The number of amidine groups is 1. The fraction of sp³-hybridized carbons (Fsp3) is 0.105. The van der Waals surface area contributed by atoms with Gasteiger partial charge in [-0.25, -0.2) is 0 Å². The van der Waals surface area contributed by atoms with Crippen molar-refractivity contribution in [3.8, 4) is 0 Å². The molecule has 0 unspecified atom stereocenters. The van der Waals surface area contributed by atoms with Gasteiger partial charge >= 0.3 is 0 Å². The summed E-state index contributed by atoms with van der Waals surface area (Å²) in [5, 5.41) is 11.8. The Balaban J connectivity index is 1.71. The minimum absolute atomic E-state index is 0.182. The van der Waals surface area contributed by atoms with Gasteiger partial charge in [-0.3, -0.25) is 10.1 Å². The van der Waals surface area contributed by atoms with E-state index in [1.54, 1.807) is 12.3 Å². The monoisotopic (exact) mass is 384 g/mol. The highest BCUT2D eigenvalue weighted by Gasteiger charge is 2.23. The van der Waals surface area contributed by atoms with Crippen LogP contribution in [0.15, 0.2) is 63.6 Å². The molecular formula is C19H17ClN4OS. The Morgan fingerprint density at radius 2 is 1.85 bits per heavy atom. The summed E-state index contributed by atoms with van der Waals surface area (Å²) in [6.07, 6.45) is 3.39. The van der Waals surface area contributed by atoms with Crippen LogP contribution in [-0.4, -0.2) is 31.4 Å². The SMILES string of the molecule is CN(C)c1ccc(C=C2S/C(=N/N=Cc3ccccc3Cl)NC2=O)cc1. The van der Waals surface area contributed by atoms with E-state index < -0.39 is 0 Å². The quantitative estimate of drug-likeness (QED) is 0.492. The minimum atomic E-state index is -0.182. The summed E-state index contributed by atoms with van der Waals surface area (Å²) in [7, 11) is 3.97. The molecule has 0 bridgehead atoms. The highest BCUT2D eigenvalue weighted by atomic mass is 35.5. The van der Waals surface area contributed by atoms with Crippen molar-refractivity contribution in [3.05, 3.63) is 69.6 Å². The third kappa shape index (κ3) is 4.53. The van der Waals surface area contributed by atoms with Gasteiger partial charge in [0.1, 0.15) is 0 Å². The van der Waals surface area contributed by atoms with E-state index in [4.69, 9.17) is 11.6 Å². The lowest BCUT2D eigenvalue weighted by Crippen LogP contribution is -2.19. The standard InChI is InChI=1S/C19H17ClN4OS/c1-24(2)15-9-7-13(8-10-15)11-17-18(25)22-19(26-17)23-21-12-14-5-3-4-6-16(14)20/h3-12H,1-2H3,(H,22,23,25). The first-order valence-electron chi connectivity index (χ1n) is 7.87. The van der Waals surface area contributed by atoms with E-state index in [1.165, 1.54) is 11.8 Å². The molecule has 0 radical (unpaired) electrons. The number of carbonyl (C=O) groups is 1. The summed E-state index contributed by atoms with van der Waals surface area (Å²) in [6, 6.07) is 15.3. The topological polar surface area (TPSA) is 57.1 Å². The van der Waals surface area contributed by atoms with E-state index in [0.29, 0.717) is 15.1 Å². The predicted molar refractivity (Wildman–Crippen MR) is 111 cm³/mol. The van der Waals surface area contributed by atoms with E-state index in [2.05, 4.69) is 15.5 Å². The zero-order chi connectivity index (χ0) is 18.5. The molecule has 1 heterocycles. The molecule has 1 aliphatic rings. The van der Waals surface area contributed by atoms with Crippen LogP contribution in [0.1, 0.15) is 11.1 Å². The smallest absolute Gasteiger partial charge is 0.264 e. The van der Waals surface area contributed by atoms with E-state index in [0.717, 1.165) is 16.8 Å². The molecule has 26 heavy (non-hydrogen) atoms. The Labute approximate surface area is 161 Å². The maximum Gasteiger partial charge on any atom is 0.264 e. The normalized spacial score (nSPS) is 17.3. The number of nitrogens with one attached hydrogen (secondary N) is 1. The summed E-state index contributed by atoms with van der Waals surface area (Å²) in [5.74, 6) is -0.182. The Kier molecular flexibility index (Phi) is 5.75. The number of hydrogen-bond donors (Lipinski definition) is 1. The average Bonchev–Trinajstić information content (AvgIpc) is 2.96. The second-order valence-corrected chi connectivity index (χ2v) is 7.16. The van der Waals surface area contributed by atoms with Crippen molar-refractivity contribution in [1.82, 2.24) is 5.32 Å². The van der Waals surface area contributed by atoms with Crippen molar-refractivity contribution in [3.63, 3.8) is 0 Å². The maximum absolute atomic E-state index is 12.1. The molecule has 0 aromatic heterocycles. The van der Waals surface area contributed by atoms with Crippen molar-refractivity contribution in [2.75, 3.05) is 19.0 Å².